The first kappa shape index (κ1) is 16.7. The van der Waals surface area contributed by atoms with Crippen LogP contribution >= 0.6 is 0 Å². The van der Waals surface area contributed by atoms with Crippen LogP contribution in [-0.2, 0) is 19.6 Å². The van der Waals surface area contributed by atoms with Gasteiger partial charge in [-0.3, -0.25) is 4.99 Å². The van der Waals surface area contributed by atoms with Gasteiger partial charge in [-0.05, 0) is 16.7 Å². The van der Waals surface area contributed by atoms with E-state index in [0.29, 0.717) is 6.54 Å². The molecule has 2 N–H and O–H groups in total. The molecule has 2 aromatic carbocycles. The van der Waals surface area contributed by atoms with Gasteiger partial charge in [0.25, 0.3) is 0 Å². The molecule has 0 aliphatic rings. The number of guanidine groups is 1. The molecule has 0 bridgehead atoms. The number of aliphatic imine (C=N–C) groups is 1. The van der Waals surface area contributed by atoms with Gasteiger partial charge in [-0.25, -0.2) is 9.67 Å². The molecule has 0 saturated carbocycles. The minimum absolute atomic E-state index is 0.708. The third-order valence-electron chi connectivity index (χ3n) is 3.79. The lowest BCUT2D eigenvalue weighted by Gasteiger charge is -2.12. The molecule has 1 heterocycles. The number of nitrogens with zero attached hydrogens (tertiary/aromatic N) is 4. The number of hydrogen-bond donors (Lipinski definition) is 2. The summed E-state index contributed by atoms with van der Waals surface area (Å²) in [6, 6.07) is 18.7. The predicted octanol–water partition coefficient (Wildman–Crippen LogP) is 2.19. The molecule has 6 heteroatoms. The van der Waals surface area contributed by atoms with Gasteiger partial charge in [0.05, 0.1) is 6.54 Å². The Labute approximate surface area is 147 Å². The van der Waals surface area contributed by atoms with Crippen molar-refractivity contribution in [2.24, 2.45) is 4.99 Å². The van der Waals surface area contributed by atoms with Crippen molar-refractivity contribution in [1.82, 2.24) is 25.4 Å². The monoisotopic (exact) mass is 334 g/mol. The Hall–Kier alpha value is -3.15. The largest absolute Gasteiger partial charge is 0.352 e. The molecule has 128 valence electrons. The van der Waals surface area contributed by atoms with E-state index < -0.39 is 0 Å². The molecule has 3 aromatic rings. The average molecular weight is 334 g/mol. The number of aromatic nitrogens is 3. The van der Waals surface area contributed by atoms with Crippen LogP contribution in [0.15, 0.2) is 72.2 Å². The smallest absolute Gasteiger partial charge is 0.191 e. The average Bonchev–Trinajstić information content (AvgIpc) is 3.16. The van der Waals surface area contributed by atoms with E-state index in [1.165, 1.54) is 16.7 Å². The van der Waals surface area contributed by atoms with Crippen molar-refractivity contribution in [1.29, 1.82) is 0 Å². The summed E-state index contributed by atoms with van der Waals surface area (Å²) in [4.78, 5) is 8.25. The van der Waals surface area contributed by atoms with E-state index in [0.717, 1.165) is 19.0 Å². The maximum Gasteiger partial charge on any atom is 0.191 e. The number of hydrogen-bond acceptors (Lipinski definition) is 3. The molecule has 0 atom stereocenters. The van der Waals surface area contributed by atoms with Gasteiger partial charge < -0.3 is 10.6 Å². The van der Waals surface area contributed by atoms with E-state index in [-0.39, 0.29) is 0 Å². The summed E-state index contributed by atoms with van der Waals surface area (Å²) in [5.74, 6) is 0.783. The van der Waals surface area contributed by atoms with Gasteiger partial charge in [0.15, 0.2) is 5.96 Å². The molecule has 3 rings (SSSR count). The van der Waals surface area contributed by atoms with Gasteiger partial charge in [-0.15, -0.1) is 0 Å². The molecule has 0 fully saturated rings. The van der Waals surface area contributed by atoms with Crippen LogP contribution in [0.4, 0.5) is 0 Å². The molecule has 0 saturated heterocycles. The van der Waals surface area contributed by atoms with Crippen LogP contribution in [0, 0.1) is 0 Å². The van der Waals surface area contributed by atoms with Crippen molar-refractivity contribution in [3.8, 4) is 0 Å². The Bertz CT molecular complexity index is 796. The van der Waals surface area contributed by atoms with Crippen molar-refractivity contribution < 1.29 is 0 Å². The molecule has 0 amide bonds. The highest BCUT2D eigenvalue weighted by Crippen LogP contribution is 2.06. The van der Waals surface area contributed by atoms with Gasteiger partial charge in [0.1, 0.15) is 12.7 Å². The van der Waals surface area contributed by atoms with Crippen LogP contribution in [0.2, 0.25) is 0 Å². The highest BCUT2D eigenvalue weighted by Gasteiger charge is 2.01. The van der Waals surface area contributed by atoms with Gasteiger partial charge in [-0.1, -0.05) is 54.6 Å². The van der Waals surface area contributed by atoms with Gasteiger partial charge >= 0.3 is 0 Å². The maximum atomic E-state index is 4.27. The second kappa shape index (κ2) is 8.63. The first-order valence-electron chi connectivity index (χ1n) is 8.22. The van der Waals surface area contributed by atoms with E-state index in [2.05, 4.69) is 62.1 Å². The van der Waals surface area contributed by atoms with Crippen LogP contribution in [-0.4, -0.2) is 27.8 Å². The molecular formula is C19H22N6. The van der Waals surface area contributed by atoms with Crippen molar-refractivity contribution in [2.45, 2.75) is 19.6 Å². The van der Waals surface area contributed by atoms with Crippen LogP contribution in [0.1, 0.15) is 16.7 Å². The van der Waals surface area contributed by atoms with Crippen molar-refractivity contribution in [3.05, 3.63) is 83.9 Å². The fourth-order valence-corrected chi connectivity index (χ4v) is 2.53. The second-order valence-corrected chi connectivity index (χ2v) is 5.68. The molecule has 0 unspecified atom stereocenters. The Kier molecular flexibility index (Phi) is 5.77. The molecule has 0 aliphatic heterocycles. The fourth-order valence-electron chi connectivity index (χ4n) is 2.53. The van der Waals surface area contributed by atoms with Gasteiger partial charge in [0.2, 0.25) is 0 Å². The summed E-state index contributed by atoms with van der Waals surface area (Å²) in [5.41, 5.74) is 3.61. The third kappa shape index (κ3) is 5.17. The molecule has 0 radical (unpaired) electrons. The number of benzene rings is 2. The Morgan fingerprint density at radius 1 is 0.960 bits per heavy atom. The lowest BCUT2D eigenvalue weighted by molar-refractivity contribution is 0.683. The highest BCUT2D eigenvalue weighted by atomic mass is 15.3. The normalized spacial score (nSPS) is 11.3. The zero-order chi connectivity index (χ0) is 17.3. The molecule has 25 heavy (non-hydrogen) atoms. The second-order valence-electron chi connectivity index (χ2n) is 5.68. The third-order valence-corrected chi connectivity index (χ3v) is 3.79. The van der Waals surface area contributed by atoms with Crippen molar-refractivity contribution in [3.63, 3.8) is 0 Å². The van der Waals surface area contributed by atoms with Crippen LogP contribution in [0.5, 0.6) is 0 Å². The topological polar surface area (TPSA) is 67.1 Å². The number of nitrogens with one attached hydrogen (secondary N) is 2. The summed E-state index contributed by atoms with van der Waals surface area (Å²) in [5, 5.41) is 10.8. The molecule has 6 nitrogen and oxygen atoms in total. The molecular weight excluding hydrogens is 312 g/mol. The first-order valence-corrected chi connectivity index (χ1v) is 8.22. The van der Waals surface area contributed by atoms with E-state index in [1.54, 1.807) is 19.7 Å². The SMILES string of the molecule is CN=C(NCc1ccccc1)NCc1cccc(Cn2cncn2)c1. The zero-order valence-corrected chi connectivity index (χ0v) is 14.3. The Balaban J connectivity index is 1.53. The van der Waals surface area contributed by atoms with E-state index in [1.807, 2.05) is 22.9 Å². The molecule has 1 aromatic heterocycles. The van der Waals surface area contributed by atoms with Gasteiger partial charge in [-0.2, -0.15) is 5.10 Å². The summed E-state index contributed by atoms with van der Waals surface area (Å²) in [7, 11) is 1.78. The van der Waals surface area contributed by atoms with Crippen molar-refractivity contribution in [2.75, 3.05) is 7.05 Å². The van der Waals surface area contributed by atoms with Crippen molar-refractivity contribution >= 4 is 5.96 Å². The standard InChI is InChI=1S/C19H22N6/c1-20-19(22-11-16-6-3-2-4-7-16)23-12-17-8-5-9-18(10-17)13-25-15-21-14-24-25/h2-10,14-15H,11-13H2,1H3,(H2,20,22,23). The fraction of sp³-hybridized carbons (Fsp3) is 0.211. The predicted molar refractivity (Wildman–Crippen MR) is 99.0 cm³/mol. The lowest BCUT2D eigenvalue weighted by Crippen LogP contribution is -2.36. The minimum Gasteiger partial charge on any atom is -0.352 e. The zero-order valence-electron chi connectivity index (χ0n) is 14.3. The Morgan fingerprint density at radius 2 is 1.68 bits per heavy atom. The lowest BCUT2D eigenvalue weighted by atomic mass is 10.1. The van der Waals surface area contributed by atoms with Crippen LogP contribution < -0.4 is 10.6 Å². The Morgan fingerprint density at radius 3 is 2.40 bits per heavy atom. The molecule has 0 spiro atoms. The minimum atomic E-state index is 0.708. The van der Waals surface area contributed by atoms with E-state index in [9.17, 15) is 0 Å². The summed E-state index contributed by atoms with van der Waals surface area (Å²) >= 11 is 0. The van der Waals surface area contributed by atoms with Crippen LogP contribution in [0.3, 0.4) is 0 Å². The summed E-state index contributed by atoms with van der Waals surface area (Å²) in [6.07, 6.45) is 3.27. The summed E-state index contributed by atoms with van der Waals surface area (Å²) < 4.78 is 1.81. The highest BCUT2D eigenvalue weighted by molar-refractivity contribution is 5.79. The maximum absolute atomic E-state index is 4.27. The van der Waals surface area contributed by atoms with E-state index >= 15 is 0 Å². The first-order chi connectivity index (χ1) is 12.3. The van der Waals surface area contributed by atoms with Crippen LogP contribution in [0.25, 0.3) is 0 Å². The molecule has 0 aliphatic carbocycles. The van der Waals surface area contributed by atoms with E-state index in [4.69, 9.17) is 0 Å². The quantitative estimate of drug-likeness (QED) is 0.536. The summed E-state index contributed by atoms with van der Waals surface area (Å²) in [6.45, 7) is 2.17. The van der Waals surface area contributed by atoms with Gasteiger partial charge in [0, 0.05) is 20.1 Å². The number of rotatable bonds is 6.